The van der Waals surface area contributed by atoms with Crippen LogP contribution < -0.4 is 0 Å². The van der Waals surface area contributed by atoms with Gasteiger partial charge in [0, 0.05) is 37.6 Å². The number of hydrogen-bond donors (Lipinski definition) is 0. The Morgan fingerprint density at radius 2 is 2.12 bits per heavy atom. The lowest BCUT2D eigenvalue weighted by Gasteiger charge is -2.32. The van der Waals surface area contributed by atoms with E-state index >= 15 is 0 Å². The molecular weight excluding hydrogens is 323 g/mol. The zero-order valence-electron chi connectivity index (χ0n) is 13.7. The monoisotopic (exact) mass is 342 g/mol. The zero-order chi connectivity index (χ0) is 17.1. The fourth-order valence-corrected chi connectivity index (χ4v) is 2.99. The molecule has 1 fully saturated rings. The van der Waals surface area contributed by atoms with Crippen LogP contribution in [0.2, 0.25) is 0 Å². The Hall–Kier alpha value is -2.51. The molecule has 1 aromatic carbocycles. The molecule has 2 aromatic heterocycles. The van der Waals surface area contributed by atoms with Crippen LogP contribution in [0.4, 0.5) is 4.39 Å². The standard InChI is InChI=1S/C18H19FN4O2/c19-15-4-2-14(3-5-15)18-21-16(13-25-18)10-22-8-9-24-17(11-22)12-23-7-1-6-20-23/h1-7,13,17H,8-12H2. The van der Waals surface area contributed by atoms with Crippen LogP contribution in [-0.2, 0) is 17.8 Å². The van der Waals surface area contributed by atoms with E-state index in [2.05, 4.69) is 15.0 Å². The lowest BCUT2D eigenvalue weighted by Crippen LogP contribution is -2.43. The van der Waals surface area contributed by atoms with Crippen LogP contribution >= 0.6 is 0 Å². The van der Waals surface area contributed by atoms with E-state index in [1.54, 1.807) is 24.6 Å². The number of morpholine rings is 1. The molecule has 6 nitrogen and oxygen atoms in total. The second-order valence-corrected chi connectivity index (χ2v) is 6.11. The highest BCUT2D eigenvalue weighted by molar-refractivity contribution is 5.52. The van der Waals surface area contributed by atoms with Gasteiger partial charge in [0.05, 0.1) is 24.9 Å². The molecule has 7 heteroatoms. The predicted octanol–water partition coefficient (Wildman–Crippen LogP) is 2.58. The van der Waals surface area contributed by atoms with Gasteiger partial charge in [0.2, 0.25) is 5.89 Å². The summed E-state index contributed by atoms with van der Waals surface area (Å²) in [5, 5.41) is 4.23. The summed E-state index contributed by atoms with van der Waals surface area (Å²) in [5.41, 5.74) is 1.63. The van der Waals surface area contributed by atoms with Crippen molar-refractivity contribution in [2.75, 3.05) is 19.7 Å². The molecule has 3 heterocycles. The van der Waals surface area contributed by atoms with Gasteiger partial charge in [0.15, 0.2) is 0 Å². The third-order valence-electron chi connectivity index (χ3n) is 4.20. The van der Waals surface area contributed by atoms with Gasteiger partial charge in [0.25, 0.3) is 0 Å². The van der Waals surface area contributed by atoms with Crippen molar-refractivity contribution >= 4 is 0 Å². The summed E-state index contributed by atoms with van der Waals surface area (Å²) in [6.07, 6.45) is 5.48. The third-order valence-corrected chi connectivity index (χ3v) is 4.20. The Kier molecular flexibility index (Phi) is 4.58. The Labute approximate surface area is 144 Å². The minimum atomic E-state index is -0.271. The number of ether oxygens (including phenoxy) is 1. The van der Waals surface area contributed by atoms with Crippen molar-refractivity contribution in [2.24, 2.45) is 0 Å². The van der Waals surface area contributed by atoms with E-state index in [4.69, 9.17) is 9.15 Å². The van der Waals surface area contributed by atoms with E-state index < -0.39 is 0 Å². The summed E-state index contributed by atoms with van der Waals surface area (Å²) in [7, 11) is 0. The van der Waals surface area contributed by atoms with Crippen molar-refractivity contribution in [1.82, 2.24) is 19.7 Å². The fourth-order valence-electron chi connectivity index (χ4n) is 2.99. The first-order valence-corrected chi connectivity index (χ1v) is 8.28. The lowest BCUT2D eigenvalue weighted by molar-refractivity contribution is -0.0405. The molecule has 0 saturated carbocycles. The Balaban J connectivity index is 1.37. The summed E-state index contributed by atoms with van der Waals surface area (Å²) in [6, 6.07) is 8.05. The summed E-state index contributed by atoms with van der Waals surface area (Å²) < 4.78 is 26.3. The van der Waals surface area contributed by atoms with E-state index in [1.165, 1.54) is 12.1 Å². The average Bonchev–Trinajstić information content (AvgIpc) is 3.28. The topological polar surface area (TPSA) is 56.3 Å². The van der Waals surface area contributed by atoms with Gasteiger partial charge in [-0.05, 0) is 30.3 Å². The van der Waals surface area contributed by atoms with Gasteiger partial charge < -0.3 is 9.15 Å². The van der Waals surface area contributed by atoms with Crippen LogP contribution in [-0.4, -0.2) is 45.5 Å². The van der Waals surface area contributed by atoms with Gasteiger partial charge in [0.1, 0.15) is 12.1 Å². The van der Waals surface area contributed by atoms with Crippen molar-refractivity contribution in [3.63, 3.8) is 0 Å². The van der Waals surface area contributed by atoms with Crippen molar-refractivity contribution in [3.8, 4) is 11.5 Å². The van der Waals surface area contributed by atoms with Gasteiger partial charge in [-0.25, -0.2) is 9.37 Å². The van der Waals surface area contributed by atoms with E-state index in [0.717, 1.165) is 30.9 Å². The molecule has 1 aliphatic rings. The first-order chi connectivity index (χ1) is 12.3. The largest absolute Gasteiger partial charge is 0.444 e. The van der Waals surface area contributed by atoms with E-state index in [9.17, 15) is 4.39 Å². The van der Waals surface area contributed by atoms with Crippen LogP contribution in [0.25, 0.3) is 11.5 Å². The molecule has 25 heavy (non-hydrogen) atoms. The number of hydrogen-bond acceptors (Lipinski definition) is 5. The molecule has 0 amide bonds. The van der Waals surface area contributed by atoms with E-state index in [1.807, 2.05) is 16.9 Å². The number of rotatable bonds is 5. The van der Waals surface area contributed by atoms with Crippen LogP contribution in [0.1, 0.15) is 5.69 Å². The summed E-state index contributed by atoms with van der Waals surface area (Å²) >= 11 is 0. The molecule has 0 bridgehead atoms. The number of nitrogens with zero attached hydrogens (tertiary/aromatic N) is 4. The Morgan fingerprint density at radius 1 is 1.24 bits per heavy atom. The van der Waals surface area contributed by atoms with Gasteiger partial charge in [-0.3, -0.25) is 9.58 Å². The molecule has 1 aliphatic heterocycles. The average molecular weight is 342 g/mol. The number of benzene rings is 1. The fraction of sp³-hybridized carbons (Fsp3) is 0.333. The van der Waals surface area contributed by atoms with Crippen molar-refractivity contribution < 1.29 is 13.5 Å². The second kappa shape index (κ2) is 7.16. The molecular formula is C18H19FN4O2. The smallest absolute Gasteiger partial charge is 0.226 e. The van der Waals surface area contributed by atoms with Crippen molar-refractivity contribution in [2.45, 2.75) is 19.2 Å². The lowest BCUT2D eigenvalue weighted by atomic mass is 10.2. The predicted molar refractivity (Wildman–Crippen MR) is 89.1 cm³/mol. The van der Waals surface area contributed by atoms with Crippen LogP contribution in [0, 0.1) is 5.82 Å². The molecule has 4 rings (SSSR count). The van der Waals surface area contributed by atoms with Gasteiger partial charge in [-0.15, -0.1) is 0 Å². The molecule has 0 aliphatic carbocycles. The maximum atomic E-state index is 13.0. The molecule has 3 aromatic rings. The summed E-state index contributed by atoms with van der Waals surface area (Å²) in [5.74, 6) is 0.239. The molecule has 130 valence electrons. The molecule has 0 spiro atoms. The number of oxazole rings is 1. The normalized spacial score (nSPS) is 18.5. The molecule has 0 N–H and O–H groups in total. The van der Waals surface area contributed by atoms with Crippen LogP contribution in [0.15, 0.2) is 53.4 Å². The highest BCUT2D eigenvalue weighted by Gasteiger charge is 2.22. The maximum absolute atomic E-state index is 13.0. The minimum absolute atomic E-state index is 0.108. The minimum Gasteiger partial charge on any atom is -0.444 e. The Morgan fingerprint density at radius 3 is 2.92 bits per heavy atom. The SMILES string of the molecule is Fc1ccc(-c2nc(CN3CCOC(Cn4cccn4)C3)co2)cc1. The third kappa shape index (κ3) is 3.94. The highest BCUT2D eigenvalue weighted by atomic mass is 19.1. The highest BCUT2D eigenvalue weighted by Crippen LogP contribution is 2.20. The van der Waals surface area contributed by atoms with Crippen LogP contribution in [0.5, 0.6) is 0 Å². The first kappa shape index (κ1) is 16.0. The van der Waals surface area contributed by atoms with Crippen molar-refractivity contribution in [3.05, 3.63) is 60.5 Å². The van der Waals surface area contributed by atoms with Gasteiger partial charge >= 0.3 is 0 Å². The molecule has 1 saturated heterocycles. The van der Waals surface area contributed by atoms with Crippen LogP contribution in [0.3, 0.4) is 0 Å². The Bertz CT molecular complexity index is 801. The summed E-state index contributed by atoms with van der Waals surface area (Å²) in [4.78, 5) is 6.81. The van der Waals surface area contributed by atoms with Crippen molar-refractivity contribution in [1.29, 1.82) is 0 Å². The van der Waals surface area contributed by atoms with E-state index in [-0.39, 0.29) is 11.9 Å². The molecule has 1 atom stereocenters. The first-order valence-electron chi connectivity index (χ1n) is 8.28. The molecule has 1 unspecified atom stereocenters. The van der Waals surface area contributed by atoms with Gasteiger partial charge in [-0.2, -0.15) is 5.10 Å². The second-order valence-electron chi connectivity index (χ2n) is 6.11. The summed E-state index contributed by atoms with van der Waals surface area (Å²) in [6.45, 7) is 3.80. The number of aromatic nitrogens is 3. The van der Waals surface area contributed by atoms with E-state index in [0.29, 0.717) is 19.0 Å². The maximum Gasteiger partial charge on any atom is 0.226 e. The quantitative estimate of drug-likeness (QED) is 0.713. The van der Waals surface area contributed by atoms with Gasteiger partial charge in [-0.1, -0.05) is 0 Å². The number of halogens is 1. The zero-order valence-corrected chi connectivity index (χ0v) is 13.7. The molecule has 0 radical (unpaired) electrons.